The van der Waals surface area contributed by atoms with Gasteiger partial charge in [-0.05, 0) is 55.6 Å². The van der Waals surface area contributed by atoms with Gasteiger partial charge in [-0.25, -0.2) is 18.2 Å². The maximum Gasteiger partial charge on any atom is 0.390 e. The summed E-state index contributed by atoms with van der Waals surface area (Å²) in [4.78, 5) is 64.2. The van der Waals surface area contributed by atoms with Crippen LogP contribution in [0.15, 0.2) is 67.3 Å². The number of urea groups is 1. The summed E-state index contributed by atoms with van der Waals surface area (Å²) in [5.74, 6) is -1.97. The van der Waals surface area contributed by atoms with Crippen molar-refractivity contribution in [3.63, 3.8) is 0 Å². The van der Waals surface area contributed by atoms with Crippen molar-refractivity contribution in [2.75, 3.05) is 26.7 Å². The molecule has 5 amide bonds. The molecule has 4 aliphatic rings. The average molecular weight is 883 g/mol. The normalized spacial score (nSPS) is 23.0. The largest absolute Gasteiger partial charge is 0.497 e. The molecule has 7 rings (SSSR count). The molecule has 3 N–H and O–H groups in total. The van der Waals surface area contributed by atoms with Crippen LogP contribution in [0.4, 0.5) is 18.0 Å². The van der Waals surface area contributed by atoms with E-state index in [9.17, 15) is 40.8 Å². The number of amides is 5. The number of aromatic nitrogens is 1. The molecule has 3 aromatic rings. The summed E-state index contributed by atoms with van der Waals surface area (Å²) in [5, 5.41) is 5.40. The maximum atomic E-state index is 14.9. The van der Waals surface area contributed by atoms with Crippen molar-refractivity contribution in [3.05, 3.63) is 67.3 Å². The number of likely N-dealkylation sites (tertiary alicyclic amines) is 1. The molecule has 2 heterocycles. The van der Waals surface area contributed by atoms with Gasteiger partial charge >= 0.3 is 12.2 Å². The molecule has 0 spiro atoms. The van der Waals surface area contributed by atoms with E-state index in [1.807, 2.05) is 30.3 Å². The monoisotopic (exact) mass is 882 g/mol. The van der Waals surface area contributed by atoms with Gasteiger partial charge in [0.1, 0.15) is 35.2 Å². The van der Waals surface area contributed by atoms with Gasteiger partial charge in [-0.15, -0.1) is 6.58 Å². The minimum absolute atomic E-state index is 0.0562. The number of alkyl halides is 3. The molecule has 0 radical (unpaired) electrons. The molecule has 4 fully saturated rings. The van der Waals surface area contributed by atoms with E-state index in [4.69, 9.17) is 14.5 Å². The predicted octanol–water partition coefficient (Wildman–Crippen LogP) is 5.72. The summed E-state index contributed by atoms with van der Waals surface area (Å²) in [6, 6.07) is 13.0. The van der Waals surface area contributed by atoms with E-state index < -0.39 is 93.2 Å². The van der Waals surface area contributed by atoms with Crippen LogP contribution >= 0.6 is 0 Å². The Morgan fingerprint density at radius 1 is 1.05 bits per heavy atom. The van der Waals surface area contributed by atoms with E-state index in [1.54, 1.807) is 45.0 Å². The lowest BCUT2D eigenvalue weighted by Gasteiger charge is -2.37. The number of ether oxygens (including phenoxy) is 2. The topological polar surface area (TPSA) is 176 Å². The molecule has 2 aromatic carbocycles. The Morgan fingerprint density at radius 2 is 1.76 bits per heavy atom. The number of carbonyl (C=O) groups is 4. The zero-order chi connectivity index (χ0) is 44.8. The number of pyridine rings is 1. The minimum atomic E-state index is -4.51. The van der Waals surface area contributed by atoms with Crippen LogP contribution in [0.3, 0.4) is 0 Å². The number of methoxy groups -OCH3 is 1. The Balaban J connectivity index is 1.21. The highest BCUT2D eigenvalue weighted by molar-refractivity contribution is 7.91. The number of nitrogens with one attached hydrogen (secondary N) is 3. The van der Waals surface area contributed by atoms with Gasteiger partial charge in [0.2, 0.25) is 21.8 Å². The van der Waals surface area contributed by atoms with Crippen LogP contribution in [0.1, 0.15) is 65.7 Å². The van der Waals surface area contributed by atoms with Gasteiger partial charge in [-0.1, -0.05) is 57.2 Å². The first-order valence-electron chi connectivity index (χ1n) is 20.9. The number of carbonyl (C=O) groups excluding carboxylic acids is 4. The number of halogens is 3. The van der Waals surface area contributed by atoms with Gasteiger partial charge in [0, 0.05) is 48.5 Å². The third kappa shape index (κ3) is 10.1. The van der Waals surface area contributed by atoms with Crippen molar-refractivity contribution >= 4 is 44.7 Å². The Labute approximate surface area is 359 Å². The van der Waals surface area contributed by atoms with Gasteiger partial charge < -0.3 is 29.9 Å². The lowest BCUT2D eigenvalue weighted by molar-refractivity contribution is -0.143. The summed E-state index contributed by atoms with van der Waals surface area (Å²) in [6.07, 6.45) is -2.76. The fourth-order valence-corrected chi connectivity index (χ4v) is 9.27. The number of fused-ring (bicyclic) bond motifs is 1. The van der Waals surface area contributed by atoms with Crippen LogP contribution in [-0.4, -0.2) is 109 Å². The van der Waals surface area contributed by atoms with Crippen LogP contribution in [-0.2, 0) is 24.4 Å². The van der Waals surface area contributed by atoms with E-state index in [0.29, 0.717) is 40.9 Å². The number of nitrogens with zero attached hydrogens (tertiary/aromatic N) is 3. The standard InChI is InChI=1S/C44H53F3N6O8S/c1-6-28-23-43(28,40(56)51-62(58,59)31-15-16-31)50-38(54)35-21-30(61-36-22-33(27-10-8-7-9-11-27)48-34-20-29(60-5)14-17-32(34)36)25-53(35)39(55)37(42(2,3)4)49-41(57)52(24-26-12-13-26)19-18-44(45,46)47/h6-11,14,17,20,22,26,28,30-31,35,37H,1,12-13,15-16,18-19,21,23-25H2,2-5H3,(H,49,57)(H,50,54)(H,51,56). The number of rotatable bonds is 16. The van der Waals surface area contributed by atoms with E-state index in [0.717, 1.165) is 23.3 Å². The van der Waals surface area contributed by atoms with Crippen molar-refractivity contribution in [2.45, 2.75) is 101 Å². The summed E-state index contributed by atoms with van der Waals surface area (Å²) < 4.78 is 80.0. The molecule has 62 heavy (non-hydrogen) atoms. The molecule has 18 heteroatoms. The highest BCUT2D eigenvalue weighted by atomic mass is 32.2. The molecular weight excluding hydrogens is 830 g/mol. The Morgan fingerprint density at radius 3 is 2.35 bits per heavy atom. The number of sulfonamides is 1. The zero-order valence-electron chi connectivity index (χ0n) is 35.2. The highest BCUT2D eigenvalue weighted by Gasteiger charge is 2.62. The second-order valence-corrected chi connectivity index (χ2v) is 19.9. The quantitative estimate of drug-likeness (QED) is 0.152. The van der Waals surface area contributed by atoms with E-state index in [2.05, 4.69) is 21.9 Å². The third-order valence-corrected chi connectivity index (χ3v) is 13.8. The summed E-state index contributed by atoms with van der Waals surface area (Å²) >= 11 is 0. The average Bonchev–Trinajstić information content (AvgIpc) is 4.12. The molecule has 5 atom stereocenters. The first kappa shape index (κ1) is 44.7. The Kier molecular flexibility index (Phi) is 12.3. The van der Waals surface area contributed by atoms with Crippen molar-refractivity contribution in [1.82, 2.24) is 30.1 Å². The van der Waals surface area contributed by atoms with Crippen molar-refractivity contribution < 1.29 is 50.2 Å². The lowest BCUT2D eigenvalue weighted by Crippen LogP contribution is -2.61. The fourth-order valence-electron chi connectivity index (χ4n) is 7.91. The smallest absolute Gasteiger partial charge is 0.390 e. The van der Waals surface area contributed by atoms with E-state index in [-0.39, 0.29) is 31.8 Å². The van der Waals surface area contributed by atoms with Gasteiger partial charge in [-0.3, -0.25) is 19.1 Å². The number of benzene rings is 2. The van der Waals surface area contributed by atoms with Gasteiger partial charge in [0.25, 0.3) is 5.91 Å². The zero-order valence-corrected chi connectivity index (χ0v) is 36.0. The van der Waals surface area contributed by atoms with Gasteiger partial charge in [-0.2, -0.15) is 13.2 Å². The SMILES string of the molecule is C=CC1CC1(NC(=O)C1CC(Oc2cc(-c3ccccc3)nc3cc(OC)ccc23)CN1C(=O)C(NC(=O)N(CCC(F)(F)F)CC1CC1)C(C)(C)C)C(=O)NS(=O)(=O)C1CC1. The predicted molar refractivity (Wildman–Crippen MR) is 224 cm³/mol. The van der Waals surface area contributed by atoms with E-state index in [1.165, 1.54) is 18.1 Å². The molecule has 1 aromatic heterocycles. The van der Waals surface area contributed by atoms with Crippen LogP contribution in [0.5, 0.6) is 11.5 Å². The summed E-state index contributed by atoms with van der Waals surface area (Å²) in [6.45, 7) is 8.18. The molecule has 334 valence electrons. The van der Waals surface area contributed by atoms with Crippen molar-refractivity contribution in [2.24, 2.45) is 17.3 Å². The molecule has 5 unspecified atom stereocenters. The maximum absolute atomic E-state index is 14.9. The van der Waals surface area contributed by atoms with Crippen LogP contribution in [0.2, 0.25) is 0 Å². The first-order chi connectivity index (χ1) is 29.2. The Hall–Kier alpha value is -5.39. The molecule has 1 aliphatic heterocycles. The Bertz CT molecular complexity index is 2330. The minimum Gasteiger partial charge on any atom is -0.497 e. The van der Waals surface area contributed by atoms with Gasteiger partial charge in [0.05, 0.1) is 36.5 Å². The molecular formula is C44H53F3N6O8S. The van der Waals surface area contributed by atoms with Crippen LogP contribution < -0.4 is 24.8 Å². The highest BCUT2D eigenvalue weighted by Crippen LogP contribution is 2.46. The second kappa shape index (κ2) is 17.1. The molecule has 3 saturated carbocycles. The van der Waals surface area contributed by atoms with Crippen molar-refractivity contribution in [3.8, 4) is 22.8 Å². The van der Waals surface area contributed by atoms with Crippen molar-refractivity contribution in [1.29, 1.82) is 0 Å². The molecule has 3 aliphatic carbocycles. The third-order valence-electron chi connectivity index (χ3n) is 11.9. The number of hydrogen-bond acceptors (Lipinski definition) is 9. The summed E-state index contributed by atoms with van der Waals surface area (Å²) in [7, 11) is -2.45. The fraction of sp³-hybridized carbons (Fsp3) is 0.523. The molecule has 1 saturated heterocycles. The molecule has 0 bridgehead atoms. The van der Waals surface area contributed by atoms with Gasteiger partial charge in [0.15, 0.2) is 0 Å². The summed E-state index contributed by atoms with van der Waals surface area (Å²) in [5.41, 5.74) is -0.729. The second-order valence-electron chi connectivity index (χ2n) is 17.9. The van der Waals surface area contributed by atoms with Crippen LogP contribution in [0.25, 0.3) is 22.2 Å². The van der Waals surface area contributed by atoms with Crippen LogP contribution in [0, 0.1) is 17.3 Å². The van der Waals surface area contributed by atoms with E-state index >= 15 is 0 Å². The first-order valence-corrected chi connectivity index (χ1v) is 22.4. The number of hydrogen-bond donors (Lipinski definition) is 3. The lowest BCUT2D eigenvalue weighted by atomic mass is 9.85. The molecule has 14 nitrogen and oxygen atoms in total.